The quantitative estimate of drug-likeness (QED) is 0.449. The van der Waals surface area contributed by atoms with Gasteiger partial charge in [0.1, 0.15) is 18.3 Å². The van der Waals surface area contributed by atoms with Crippen molar-refractivity contribution >= 4 is 40.5 Å². The molecule has 11 heteroatoms. The number of hydrogen-bond donors (Lipinski definition) is 0. The van der Waals surface area contributed by atoms with Crippen LogP contribution in [0.5, 0.6) is 0 Å². The van der Waals surface area contributed by atoms with E-state index in [9.17, 15) is 14.9 Å². The number of carbonyl (C=O) groups excluding carboxylic acids is 1. The van der Waals surface area contributed by atoms with Crippen LogP contribution in [-0.4, -0.2) is 56.7 Å². The Kier molecular flexibility index (Phi) is 5.56. The van der Waals surface area contributed by atoms with Gasteiger partial charge in [-0.1, -0.05) is 23.2 Å². The van der Waals surface area contributed by atoms with E-state index in [1.807, 2.05) is 4.90 Å². The molecule has 0 saturated carbocycles. The van der Waals surface area contributed by atoms with Crippen molar-refractivity contribution in [3.63, 3.8) is 0 Å². The van der Waals surface area contributed by atoms with Gasteiger partial charge >= 0.3 is 0 Å². The molecule has 0 unspecified atom stereocenters. The predicted octanol–water partition coefficient (Wildman–Crippen LogP) is 3.44. The number of benzene rings is 2. The highest BCUT2D eigenvalue weighted by atomic mass is 35.5. The van der Waals surface area contributed by atoms with E-state index in [0.29, 0.717) is 53.2 Å². The minimum Gasteiger partial charge on any atom is -0.362 e. The molecule has 2 heterocycles. The summed E-state index contributed by atoms with van der Waals surface area (Å²) in [5, 5.41) is 19.8. The Morgan fingerprint density at radius 1 is 0.967 bits per heavy atom. The normalized spacial score (nSPS) is 14.1. The molecule has 9 nitrogen and oxygen atoms in total. The highest BCUT2D eigenvalue weighted by molar-refractivity contribution is 6.42. The fourth-order valence-electron chi connectivity index (χ4n) is 3.38. The van der Waals surface area contributed by atoms with Gasteiger partial charge in [0.25, 0.3) is 11.6 Å². The van der Waals surface area contributed by atoms with Crippen molar-refractivity contribution < 1.29 is 9.72 Å². The molecule has 1 aliphatic heterocycles. The van der Waals surface area contributed by atoms with E-state index in [0.717, 1.165) is 0 Å². The minimum absolute atomic E-state index is 0.00883. The maximum absolute atomic E-state index is 12.7. The first-order chi connectivity index (χ1) is 14.4. The van der Waals surface area contributed by atoms with Crippen LogP contribution < -0.4 is 4.90 Å². The van der Waals surface area contributed by atoms with Gasteiger partial charge < -0.3 is 9.80 Å². The van der Waals surface area contributed by atoms with Gasteiger partial charge in [0.15, 0.2) is 0 Å². The first-order valence-corrected chi connectivity index (χ1v) is 9.82. The predicted molar refractivity (Wildman–Crippen MR) is 113 cm³/mol. The van der Waals surface area contributed by atoms with E-state index < -0.39 is 4.92 Å². The summed E-state index contributed by atoms with van der Waals surface area (Å²) in [4.78, 5) is 27.6. The Labute approximate surface area is 181 Å². The van der Waals surface area contributed by atoms with Crippen molar-refractivity contribution in [2.45, 2.75) is 0 Å². The van der Waals surface area contributed by atoms with Crippen LogP contribution in [0.1, 0.15) is 10.4 Å². The lowest BCUT2D eigenvalue weighted by Gasteiger charge is -2.36. The summed E-state index contributed by atoms with van der Waals surface area (Å²) in [5.74, 6) is -0.148. The molecule has 1 amide bonds. The summed E-state index contributed by atoms with van der Waals surface area (Å²) in [6.45, 7) is 1.81. The van der Waals surface area contributed by atoms with Gasteiger partial charge in [0, 0.05) is 37.8 Å². The van der Waals surface area contributed by atoms with Crippen LogP contribution in [-0.2, 0) is 0 Å². The number of nitrogens with zero attached hydrogens (tertiary/aromatic N) is 6. The third-order valence-electron chi connectivity index (χ3n) is 4.95. The summed E-state index contributed by atoms with van der Waals surface area (Å²) in [7, 11) is 0. The lowest BCUT2D eigenvalue weighted by atomic mass is 10.1. The van der Waals surface area contributed by atoms with Crippen LogP contribution in [0.3, 0.4) is 0 Å². The number of hydrogen-bond acceptors (Lipinski definition) is 6. The second-order valence-corrected chi connectivity index (χ2v) is 7.52. The second-order valence-electron chi connectivity index (χ2n) is 6.71. The molecular weight excluding hydrogens is 431 g/mol. The van der Waals surface area contributed by atoms with Crippen molar-refractivity contribution in [1.29, 1.82) is 0 Å². The van der Waals surface area contributed by atoms with Gasteiger partial charge in [-0.15, -0.1) is 10.2 Å². The Balaban J connectivity index is 1.50. The molecule has 1 saturated heterocycles. The van der Waals surface area contributed by atoms with E-state index in [1.54, 1.807) is 39.8 Å². The molecule has 3 aromatic rings. The molecule has 1 aliphatic rings. The van der Waals surface area contributed by atoms with E-state index >= 15 is 0 Å². The van der Waals surface area contributed by atoms with Crippen LogP contribution >= 0.6 is 23.2 Å². The Morgan fingerprint density at radius 2 is 1.67 bits per heavy atom. The summed E-state index contributed by atoms with van der Waals surface area (Å²) in [5.41, 5.74) is 1.56. The van der Waals surface area contributed by atoms with Crippen molar-refractivity contribution in [2.24, 2.45) is 0 Å². The minimum atomic E-state index is -0.406. The number of piperazine rings is 1. The maximum atomic E-state index is 12.7. The molecule has 154 valence electrons. The van der Waals surface area contributed by atoms with Crippen molar-refractivity contribution in [3.8, 4) is 5.69 Å². The highest BCUT2D eigenvalue weighted by Crippen LogP contribution is 2.31. The van der Waals surface area contributed by atoms with Crippen molar-refractivity contribution in [2.75, 3.05) is 31.1 Å². The van der Waals surface area contributed by atoms with Crippen LogP contribution in [0.15, 0.2) is 49.1 Å². The third-order valence-corrected chi connectivity index (χ3v) is 5.69. The zero-order valence-corrected chi connectivity index (χ0v) is 17.1. The standard InChI is InChI=1S/C19H16Cl2N6O3/c20-15-3-1-13(9-16(15)21)19(28)25-7-5-24(6-8-25)17-4-2-14(10-18(17)27(29)30)26-11-22-23-12-26/h1-4,9-12H,5-8H2. The fourth-order valence-corrected chi connectivity index (χ4v) is 3.68. The number of rotatable bonds is 4. The molecule has 1 aromatic heterocycles. The molecule has 4 rings (SSSR count). The molecule has 0 N–H and O–H groups in total. The van der Waals surface area contributed by atoms with Crippen LogP contribution in [0.4, 0.5) is 11.4 Å². The Hall–Kier alpha value is -3.17. The maximum Gasteiger partial charge on any atom is 0.294 e. The molecule has 1 fully saturated rings. The average molecular weight is 447 g/mol. The lowest BCUT2D eigenvalue weighted by Crippen LogP contribution is -2.49. The van der Waals surface area contributed by atoms with Crippen LogP contribution in [0.2, 0.25) is 10.0 Å². The van der Waals surface area contributed by atoms with Gasteiger partial charge in [-0.3, -0.25) is 19.5 Å². The van der Waals surface area contributed by atoms with E-state index in [2.05, 4.69) is 10.2 Å². The zero-order chi connectivity index (χ0) is 21.3. The number of aromatic nitrogens is 3. The number of nitro benzene ring substituents is 1. The second kappa shape index (κ2) is 8.29. The van der Waals surface area contributed by atoms with Crippen molar-refractivity contribution in [1.82, 2.24) is 19.7 Å². The third kappa shape index (κ3) is 3.94. The number of carbonyl (C=O) groups is 1. The number of halogens is 2. The monoisotopic (exact) mass is 446 g/mol. The van der Waals surface area contributed by atoms with Gasteiger partial charge in [-0.25, -0.2) is 0 Å². The fraction of sp³-hybridized carbons (Fsp3) is 0.211. The highest BCUT2D eigenvalue weighted by Gasteiger charge is 2.27. The van der Waals surface area contributed by atoms with Gasteiger partial charge in [0.2, 0.25) is 0 Å². The van der Waals surface area contributed by atoms with Crippen molar-refractivity contribution in [3.05, 3.63) is 74.8 Å². The molecule has 2 aromatic carbocycles. The van der Waals surface area contributed by atoms with Gasteiger partial charge in [0.05, 0.1) is 20.7 Å². The Morgan fingerprint density at radius 3 is 2.30 bits per heavy atom. The molecule has 0 bridgehead atoms. The smallest absolute Gasteiger partial charge is 0.294 e. The SMILES string of the molecule is O=C(c1ccc(Cl)c(Cl)c1)N1CCN(c2ccc(-n3cnnc3)cc2[N+](=O)[O-])CC1. The van der Waals surface area contributed by atoms with Gasteiger partial charge in [-0.2, -0.15) is 0 Å². The molecule has 0 aliphatic carbocycles. The molecule has 0 radical (unpaired) electrons. The van der Waals surface area contributed by atoms with Gasteiger partial charge in [-0.05, 0) is 30.3 Å². The summed E-state index contributed by atoms with van der Waals surface area (Å²) < 4.78 is 1.60. The summed E-state index contributed by atoms with van der Waals surface area (Å²) in [6.07, 6.45) is 2.96. The molecule has 30 heavy (non-hydrogen) atoms. The number of anilines is 1. The van der Waals surface area contributed by atoms with E-state index in [4.69, 9.17) is 23.2 Å². The van der Waals surface area contributed by atoms with Crippen LogP contribution in [0.25, 0.3) is 5.69 Å². The molecule has 0 spiro atoms. The Bertz CT molecular complexity index is 1100. The largest absolute Gasteiger partial charge is 0.362 e. The zero-order valence-electron chi connectivity index (χ0n) is 15.6. The van der Waals surface area contributed by atoms with Crippen LogP contribution in [0, 0.1) is 10.1 Å². The summed E-state index contributed by atoms with van der Waals surface area (Å²) >= 11 is 11.9. The lowest BCUT2D eigenvalue weighted by molar-refractivity contribution is -0.384. The summed E-state index contributed by atoms with van der Waals surface area (Å²) in [6, 6.07) is 9.76. The first kappa shape index (κ1) is 20.1. The number of nitro groups is 1. The van der Waals surface area contributed by atoms with E-state index in [-0.39, 0.29) is 11.6 Å². The average Bonchev–Trinajstić information content (AvgIpc) is 3.30. The number of amides is 1. The topological polar surface area (TPSA) is 97.4 Å². The molecule has 0 atom stereocenters. The first-order valence-electron chi connectivity index (χ1n) is 9.07. The van der Waals surface area contributed by atoms with E-state index in [1.165, 1.54) is 18.7 Å². The molecular formula is C19H16Cl2N6O3.